The number of hydrogen-bond donors (Lipinski definition) is 19. The Kier molecular flexibility index (Phi) is 39.3. The molecule has 18 rings (SSSR count). The fourth-order valence-electron chi connectivity index (χ4n) is 18.2. The third-order valence-electron chi connectivity index (χ3n) is 26.5. The second-order valence-corrected chi connectivity index (χ2v) is 69.1. The van der Waals surface area contributed by atoms with Gasteiger partial charge < -0.3 is 128 Å². The number of aromatic nitrogens is 22. The molecule has 24 atom stereocenters. The van der Waals surface area contributed by atoms with Crippen LogP contribution >= 0.6 is 41.3 Å². The summed E-state index contributed by atoms with van der Waals surface area (Å²) in [5, 5.41) is 138. The highest BCUT2D eigenvalue weighted by atomic mass is 31.2. The monoisotopic (exact) mass is 2200 g/mol. The minimum atomic E-state index is -1.24. The number of aryl methyl sites for hydroxylation is 1. The quantitative estimate of drug-likeness (QED) is 0.0161. The molecule has 0 spiro atoms. The average Bonchev–Trinajstić information content (AvgIpc) is 1.61. The Morgan fingerprint density at radius 3 is 0.960 bits per heavy atom. The molecule has 0 aliphatic carbocycles. The lowest BCUT2D eigenvalue weighted by atomic mass is 10.1. The number of rotatable bonds is 34. The normalized spacial score (nSPS) is 27.1. The lowest BCUT2D eigenvalue weighted by Gasteiger charge is -2.19. The standard InChI is InChI=1S/C18H30N5O3P.C17H28N5O3P.C16H26N5O3P.C16H25N4O3P.2C15H24N5O3P/c1-5-6-8-19-16-13-17(21-10-20-16)23(11-22-13)18-15(25)14(24)12(26-18)7-9-27(2,3)4;1-5-7-18-15-12-16(20-9-19-15)22(10-21-12)17-14(24)13(23)11(25-17)6-8-26(2,3)4;1-5-17-14-11-15(19-8-18-14)21(9-20-11)16-13(23)12(22)10(24-16)6-7-25(2,3)4;1-17-10-5-7-18-15-12(10)19-9-20(15)16-14(22)13(21)11(23-16)6-8-24(2,3)4;1-8-18-13(16)10-14(19-8)20(7-17-10)15-12(22)11(21)9(23-15)5-6-24(2,3)4;1-24(2,3)7-5-9-11(21)12(22)14(23-9)20-13-10(19-15(20)17)8(16)4-6-18-13/h10-12,14-15,18,24-25H,2,5-9H2,1,3-4H3,(H,19,20,21);9-11,13-14,17,23-24H,2,5-8H2,1,3-4H3,(H,18,19,20);8-10,12-13,16,22-23H,2,5-7H2,1,3-4H3,(H,17,18,19);5,7,9,11,13-14,16,21-22H,2,6,8H2,1,3-4H3,(H,17,18);7,9,11-12,15,21-22H,2,5-6H2,1,3-4H3,(H2,16,18,19);4,6,9,11-12,14,21-22H,1,5,7H2,2-3H3,(H2,16,18)(H2,17,19)/t12-,14-,15-,18?;11-,13-,14-,17?;10-,12-,13-,16?;11-,13-,14-,16?;9-,11-,12-,15?;9-,11-,12-,14?/m111111/s1. The molecule has 6 aliphatic heterocycles. The average molecular weight is 2200 g/mol. The molecule has 47 nitrogen and oxygen atoms in total. The smallest absolute Gasteiger partial charge is 0.204 e. The van der Waals surface area contributed by atoms with Gasteiger partial charge >= 0.3 is 0 Å². The summed E-state index contributed by atoms with van der Waals surface area (Å²) in [4.78, 5) is 68.5. The number of nitrogen functional groups attached to an aromatic ring is 3. The van der Waals surface area contributed by atoms with E-state index in [1.807, 2.05) is 20.0 Å². The minimum absolute atomic E-state index is 0.136. The summed E-state index contributed by atoms with van der Waals surface area (Å²) in [7, 11) is 1.82. The van der Waals surface area contributed by atoms with Gasteiger partial charge in [-0.2, -0.15) is 0 Å². The van der Waals surface area contributed by atoms with Crippen molar-refractivity contribution < 1.29 is 89.7 Å². The van der Waals surface area contributed by atoms with E-state index in [1.54, 1.807) is 73.5 Å². The molecule has 0 saturated carbocycles. The molecule has 18 heterocycles. The zero-order chi connectivity index (χ0) is 109. The second-order valence-electron chi connectivity index (χ2n) is 43.2. The van der Waals surface area contributed by atoms with Crippen LogP contribution in [0.15, 0.2) is 75.1 Å². The van der Waals surface area contributed by atoms with E-state index in [4.69, 9.17) is 45.6 Å². The Morgan fingerprint density at radius 1 is 0.327 bits per heavy atom. The minimum Gasteiger partial charge on any atom is -0.397 e. The van der Waals surface area contributed by atoms with Crippen LogP contribution in [0, 0.1) is 6.92 Å². The molecule has 6 fully saturated rings. The number of nitrogens with two attached hydrogens (primary N) is 3. The molecule has 6 saturated heterocycles. The summed E-state index contributed by atoms with van der Waals surface area (Å²) in [6.07, 6.45) is 33.9. The molecule has 150 heavy (non-hydrogen) atoms. The summed E-state index contributed by atoms with van der Waals surface area (Å²) in [5.41, 5.74) is 25.8. The number of unbranched alkanes of at least 4 members (excludes halogenated alkanes) is 1. The highest BCUT2D eigenvalue weighted by molar-refractivity contribution is 7.73. The van der Waals surface area contributed by atoms with Crippen LogP contribution in [0.4, 0.5) is 40.6 Å². The van der Waals surface area contributed by atoms with Crippen molar-refractivity contribution in [2.45, 2.75) is 233 Å². The summed E-state index contributed by atoms with van der Waals surface area (Å²) in [6, 6.07) is 3.46. The van der Waals surface area contributed by atoms with Crippen molar-refractivity contribution in [2.75, 3.05) is 182 Å². The molecule has 22 N–H and O–H groups in total. The number of nitrogens with one attached hydrogen (secondary N) is 4. The van der Waals surface area contributed by atoms with E-state index in [0.717, 1.165) is 75.0 Å². The maximum Gasteiger partial charge on any atom is 0.204 e. The highest BCUT2D eigenvalue weighted by Crippen LogP contribution is 2.48. The first-order valence-corrected chi connectivity index (χ1v) is 68.7. The lowest BCUT2D eigenvalue weighted by molar-refractivity contribution is -0.0353. The van der Waals surface area contributed by atoms with Crippen LogP contribution in [0.25, 0.3) is 67.0 Å². The SMILES string of the molecule is C=P(C)(C)CC[C@H]1OC(n2c(N)nc3c(N)ccnc32)[C@H](O)[C@@H]1O.C=P(C)(C)CC[C@H]1OC(n2cnc3c(N)nc(C)nc32)[C@H](O)[C@@H]1O.C=P(C)(C)CC[C@H]1OC(n2cnc3c(NC)ccnc32)[C@H](O)[C@@H]1O.C=P(C)(C)CC[C@H]1OC(n2cnc3c(NCC)ncnc32)[C@H](O)[C@@H]1O.C=P(C)(C)CC[C@H]1OC(n2cnc3c(NCCC)ncnc32)[C@H](O)[C@@H]1O.C=P(C)(C)CC[C@H]1OC(n2cnc3c(NCCCC)ncnc32)[C@H](O)[C@@H]1O. The Balaban J connectivity index is 0.000000150. The van der Waals surface area contributed by atoms with Crippen LogP contribution in [-0.2, 0) is 28.4 Å². The van der Waals surface area contributed by atoms with Crippen molar-refractivity contribution in [1.29, 1.82) is 0 Å². The molecule has 0 bridgehead atoms. The van der Waals surface area contributed by atoms with Gasteiger partial charge in [0.15, 0.2) is 111 Å². The zero-order valence-corrected chi connectivity index (χ0v) is 94.2. The summed E-state index contributed by atoms with van der Waals surface area (Å²) in [6.45, 7) is 28.6. The van der Waals surface area contributed by atoms with Crippen molar-refractivity contribution in [3.8, 4) is 0 Å². The van der Waals surface area contributed by atoms with E-state index in [0.29, 0.717) is 141 Å². The summed E-state index contributed by atoms with van der Waals surface area (Å²) >= 11 is 0. The topological polar surface area (TPSA) is 660 Å². The van der Waals surface area contributed by atoms with Gasteiger partial charge in [0.25, 0.3) is 0 Å². The Hall–Kier alpha value is -8.88. The molecule has 12 aromatic rings. The molecule has 828 valence electrons. The van der Waals surface area contributed by atoms with Crippen LogP contribution in [0.2, 0.25) is 0 Å². The fourth-order valence-corrected chi connectivity index (χ4v) is 23.9. The Bertz CT molecular complexity index is 6860. The van der Waals surface area contributed by atoms with Gasteiger partial charge in [-0.05, 0) is 194 Å². The number of hydrogen-bond acceptors (Lipinski definition) is 41. The molecule has 0 radical (unpaired) electrons. The number of aliphatic hydroxyl groups excluding tert-OH is 12. The maximum absolute atomic E-state index is 10.5. The first-order valence-electron chi connectivity index (χ1n) is 50.3. The highest BCUT2D eigenvalue weighted by Gasteiger charge is 2.51. The van der Waals surface area contributed by atoms with E-state index in [2.05, 4.69) is 233 Å². The largest absolute Gasteiger partial charge is 0.397 e. The molecule has 0 amide bonds. The Labute approximate surface area is 874 Å². The van der Waals surface area contributed by atoms with Crippen LogP contribution in [0.1, 0.15) is 122 Å². The van der Waals surface area contributed by atoms with Gasteiger partial charge in [0, 0.05) is 39.1 Å². The van der Waals surface area contributed by atoms with Gasteiger partial charge in [-0.1, -0.05) is 20.3 Å². The number of anilines is 7. The van der Waals surface area contributed by atoms with Crippen molar-refractivity contribution in [3.05, 3.63) is 81.0 Å². The number of fused-ring (bicyclic) bond motifs is 6. The second kappa shape index (κ2) is 49.9. The fraction of sp³-hybridized carbons (Fsp3) is 0.608. The molecular formula is C97H157N29O18P6. The molecule has 0 aromatic carbocycles. The van der Waals surface area contributed by atoms with Crippen molar-refractivity contribution in [2.24, 2.45) is 0 Å². The lowest BCUT2D eigenvalue weighted by Crippen LogP contribution is -2.32. The number of pyridine rings is 2. The number of imidazole rings is 6. The van der Waals surface area contributed by atoms with Gasteiger partial charge in [0.2, 0.25) is 5.95 Å². The van der Waals surface area contributed by atoms with Gasteiger partial charge in [-0.15, -0.1) is 79.1 Å². The summed E-state index contributed by atoms with van der Waals surface area (Å²) < 4.78 is 45.6. The predicted molar refractivity (Wildman–Crippen MR) is 608 cm³/mol. The van der Waals surface area contributed by atoms with E-state index < -0.39 is 189 Å². The van der Waals surface area contributed by atoms with Gasteiger partial charge in [0.05, 0.1) is 79.6 Å². The molecule has 6 unspecified atom stereocenters. The zero-order valence-electron chi connectivity index (χ0n) is 88.8. The van der Waals surface area contributed by atoms with Crippen molar-refractivity contribution in [3.63, 3.8) is 0 Å². The third-order valence-corrected chi connectivity index (χ3v) is 35.3. The van der Waals surface area contributed by atoms with E-state index in [9.17, 15) is 61.3 Å². The van der Waals surface area contributed by atoms with Gasteiger partial charge in [-0.3, -0.25) is 27.4 Å². The number of nitrogens with zero attached hydrogens (tertiary/aromatic N) is 22. The predicted octanol–water partition coefficient (Wildman–Crippen LogP) is 6.04. The maximum atomic E-state index is 10.5. The molecule has 12 aromatic heterocycles. The van der Waals surface area contributed by atoms with E-state index >= 15 is 0 Å². The van der Waals surface area contributed by atoms with Crippen molar-refractivity contribution in [1.82, 2.24) is 107 Å². The first-order chi connectivity index (χ1) is 70.6. The third kappa shape index (κ3) is 28.7. The summed E-state index contributed by atoms with van der Waals surface area (Å²) in [5.74, 6) is 2.89. The number of ether oxygens (including phenoxy) is 6. The van der Waals surface area contributed by atoms with Crippen LogP contribution in [0.5, 0.6) is 0 Å². The van der Waals surface area contributed by atoms with Gasteiger partial charge in [0.1, 0.15) is 115 Å². The van der Waals surface area contributed by atoms with Crippen LogP contribution in [0.3, 0.4) is 0 Å². The van der Waals surface area contributed by atoms with Gasteiger partial charge in [-0.25, -0.2) is 79.7 Å². The van der Waals surface area contributed by atoms with E-state index in [-0.39, 0.29) is 11.8 Å². The molecular weight excluding hydrogens is 2050 g/mol. The van der Waals surface area contributed by atoms with Crippen LogP contribution in [-0.4, -0.2) is 460 Å². The Morgan fingerprint density at radius 2 is 0.627 bits per heavy atom. The molecule has 6 aliphatic rings. The number of aliphatic hydroxyl groups is 12. The first kappa shape index (κ1) is 118. The van der Waals surface area contributed by atoms with E-state index in [1.165, 1.54) is 29.9 Å². The van der Waals surface area contributed by atoms with Crippen LogP contribution < -0.4 is 38.5 Å². The van der Waals surface area contributed by atoms with Crippen molar-refractivity contribution >= 4 is 187 Å². The molecule has 53 heteroatoms.